The number of cyclic esters (lactones) is 1. The highest BCUT2D eigenvalue weighted by atomic mass is 16.6. The lowest BCUT2D eigenvalue weighted by Gasteiger charge is -2.17. The van der Waals surface area contributed by atoms with Crippen molar-refractivity contribution in [2.75, 3.05) is 6.61 Å². The monoisotopic (exact) mass is 274 g/mol. The van der Waals surface area contributed by atoms with E-state index in [0.717, 1.165) is 42.4 Å². The number of ether oxygens (including phenoxy) is 1. The molecule has 0 aromatic carbocycles. The topological polar surface area (TPSA) is 66.8 Å². The largest absolute Gasteiger partial charge is 0.451 e. The van der Waals surface area contributed by atoms with Crippen LogP contribution in [0, 0.1) is 0 Å². The second kappa shape index (κ2) is 5.38. The second-order valence-corrected chi connectivity index (χ2v) is 5.30. The molecule has 1 saturated heterocycles. The fourth-order valence-corrected chi connectivity index (χ4v) is 3.03. The van der Waals surface area contributed by atoms with Gasteiger partial charge in [0, 0.05) is 5.57 Å². The Hall–Kier alpha value is -1.65. The average Bonchev–Trinajstić information content (AvgIpc) is 3.16. The molecule has 0 spiro atoms. The summed E-state index contributed by atoms with van der Waals surface area (Å²) in [6, 6.07) is 0. The molecular weight excluding hydrogens is 256 g/mol. The first-order valence-electron chi connectivity index (χ1n) is 7.02. The summed E-state index contributed by atoms with van der Waals surface area (Å²) in [4.78, 5) is 12.2. The summed E-state index contributed by atoms with van der Waals surface area (Å²) < 4.78 is 5.33. The van der Waals surface area contributed by atoms with E-state index < -0.39 is 18.8 Å². The number of hydrogen-bond donors (Lipinski definition) is 2. The van der Waals surface area contributed by atoms with E-state index in [2.05, 4.69) is 6.08 Å². The Kier molecular flexibility index (Phi) is 3.59. The van der Waals surface area contributed by atoms with Gasteiger partial charge in [0.05, 0.1) is 12.2 Å². The van der Waals surface area contributed by atoms with Gasteiger partial charge in [-0.2, -0.15) is 0 Å². The van der Waals surface area contributed by atoms with E-state index in [9.17, 15) is 15.0 Å². The zero-order chi connectivity index (χ0) is 14.1. The molecule has 1 fully saturated rings. The van der Waals surface area contributed by atoms with Gasteiger partial charge in [0.15, 0.2) is 6.10 Å². The molecule has 2 aliphatic carbocycles. The molecule has 4 heteroatoms. The highest BCUT2D eigenvalue weighted by Crippen LogP contribution is 2.39. The Labute approximate surface area is 117 Å². The van der Waals surface area contributed by atoms with E-state index in [1.807, 2.05) is 18.2 Å². The number of aliphatic hydroxyl groups excluding tert-OH is 2. The molecule has 2 N–H and O–H groups in total. The molecule has 0 saturated carbocycles. The SMILES string of the molecule is O=C1OC([C@H](O)CO)C(=C2C=CCC2)C1=C1C=CCC1. The quantitative estimate of drug-likeness (QED) is 0.592. The first-order valence-corrected chi connectivity index (χ1v) is 7.02. The van der Waals surface area contributed by atoms with Gasteiger partial charge < -0.3 is 14.9 Å². The zero-order valence-corrected chi connectivity index (χ0v) is 11.2. The highest BCUT2D eigenvalue weighted by Gasteiger charge is 2.41. The van der Waals surface area contributed by atoms with E-state index in [1.54, 1.807) is 0 Å². The molecule has 2 atom stereocenters. The molecule has 1 unspecified atom stereocenters. The third kappa shape index (κ3) is 2.15. The standard InChI is InChI=1S/C16H18O4/c17-9-12(18)15-13(10-5-1-2-6-10)14(16(19)20-15)11-7-3-4-8-11/h1,3,5,7,12,15,17-18H,2,4,6,8-9H2/t12-,15?/m1/s1. The molecule has 3 aliphatic rings. The Balaban J connectivity index is 2.11. The van der Waals surface area contributed by atoms with Crippen molar-refractivity contribution in [3.63, 3.8) is 0 Å². The van der Waals surface area contributed by atoms with Crippen LogP contribution in [0.5, 0.6) is 0 Å². The van der Waals surface area contributed by atoms with Gasteiger partial charge in [-0.1, -0.05) is 24.3 Å². The zero-order valence-electron chi connectivity index (χ0n) is 11.2. The highest BCUT2D eigenvalue weighted by molar-refractivity contribution is 5.99. The third-order valence-electron chi connectivity index (χ3n) is 3.99. The minimum atomic E-state index is -1.07. The van der Waals surface area contributed by atoms with Crippen molar-refractivity contribution in [3.05, 3.63) is 46.6 Å². The Morgan fingerprint density at radius 3 is 2.40 bits per heavy atom. The lowest BCUT2D eigenvalue weighted by atomic mass is 9.90. The average molecular weight is 274 g/mol. The van der Waals surface area contributed by atoms with E-state index in [1.165, 1.54) is 0 Å². The summed E-state index contributed by atoms with van der Waals surface area (Å²) in [5, 5.41) is 19.1. The Morgan fingerprint density at radius 1 is 1.20 bits per heavy atom. The van der Waals surface area contributed by atoms with Crippen LogP contribution in [0.25, 0.3) is 0 Å². The summed E-state index contributed by atoms with van der Waals surface area (Å²) in [6.07, 6.45) is 9.77. The van der Waals surface area contributed by atoms with E-state index in [0.29, 0.717) is 5.57 Å². The minimum absolute atomic E-state index is 0.383. The van der Waals surface area contributed by atoms with Crippen LogP contribution in [0.1, 0.15) is 25.7 Å². The van der Waals surface area contributed by atoms with Crippen LogP contribution in [-0.2, 0) is 9.53 Å². The van der Waals surface area contributed by atoms with Crippen molar-refractivity contribution in [1.29, 1.82) is 0 Å². The number of rotatable bonds is 2. The molecule has 106 valence electrons. The van der Waals surface area contributed by atoms with Gasteiger partial charge in [0.2, 0.25) is 0 Å². The van der Waals surface area contributed by atoms with Crippen LogP contribution >= 0.6 is 0 Å². The summed E-state index contributed by atoms with van der Waals surface area (Å²) in [6.45, 7) is -0.420. The van der Waals surface area contributed by atoms with Crippen molar-refractivity contribution >= 4 is 5.97 Å². The maximum atomic E-state index is 12.2. The van der Waals surface area contributed by atoms with Crippen molar-refractivity contribution in [1.82, 2.24) is 0 Å². The maximum Gasteiger partial charge on any atom is 0.339 e. The molecule has 0 amide bonds. The van der Waals surface area contributed by atoms with Crippen LogP contribution in [0.3, 0.4) is 0 Å². The van der Waals surface area contributed by atoms with Gasteiger partial charge in [-0.3, -0.25) is 0 Å². The minimum Gasteiger partial charge on any atom is -0.451 e. The molecular formula is C16H18O4. The Bertz CT molecular complexity index is 551. The van der Waals surface area contributed by atoms with E-state index in [4.69, 9.17) is 4.74 Å². The summed E-state index contributed by atoms with van der Waals surface area (Å²) in [5.41, 5.74) is 3.38. The molecule has 4 nitrogen and oxygen atoms in total. The van der Waals surface area contributed by atoms with Crippen LogP contribution in [-0.4, -0.2) is 35.0 Å². The first kappa shape index (κ1) is 13.3. The molecule has 1 aliphatic heterocycles. The van der Waals surface area contributed by atoms with Crippen molar-refractivity contribution in [2.45, 2.75) is 37.9 Å². The maximum absolute atomic E-state index is 12.2. The number of aliphatic hydroxyl groups is 2. The predicted octanol–water partition coefficient (Wildman–Crippen LogP) is 1.56. The smallest absolute Gasteiger partial charge is 0.339 e. The van der Waals surface area contributed by atoms with Crippen LogP contribution in [0.15, 0.2) is 46.6 Å². The fraction of sp³-hybridized carbons (Fsp3) is 0.438. The predicted molar refractivity (Wildman–Crippen MR) is 73.8 cm³/mol. The molecule has 0 bridgehead atoms. The number of esters is 1. The van der Waals surface area contributed by atoms with Gasteiger partial charge in [0.25, 0.3) is 0 Å². The van der Waals surface area contributed by atoms with Gasteiger partial charge in [-0.15, -0.1) is 0 Å². The fourth-order valence-electron chi connectivity index (χ4n) is 3.03. The van der Waals surface area contributed by atoms with Gasteiger partial charge in [0.1, 0.15) is 6.10 Å². The second-order valence-electron chi connectivity index (χ2n) is 5.30. The van der Waals surface area contributed by atoms with Crippen LogP contribution < -0.4 is 0 Å². The van der Waals surface area contributed by atoms with Gasteiger partial charge in [-0.05, 0) is 36.8 Å². The molecule has 0 aromatic heterocycles. The Morgan fingerprint density at radius 2 is 1.85 bits per heavy atom. The molecule has 3 rings (SSSR count). The van der Waals surface area contributed by atoms with Crippen molar-refractivity contribution in [3.8, 4) is 0 Å². The molecule has 0 aromatic rings. The van der Waals surface area contributed by atoms with E-state index >= 15 is 0 Å². The van der Waals surface area contributed by atoms with Crippen molar-refractivity contribution < 1.29 is 19.7 Å². The summed E-state index contributed by atoms with van der Waals surface area (Å²) in [5.74, 6) is -0.383. The first-order chi connectivity index (χ1) is 9.72. The van der Waals surface area contributed by atoms with Crippen LogP contribution in [0.2, 0.25) is 0 Å². The summed E-state index contributed by atoms with van der Waals surface area (Å²) >= 11 is 0. The third-order valence-corrected chi connectivity index (χ3v) is 3.99. The normalized spacial score (nSPS) is 34.1. The molecule has 1 heterocycles. The molecule has 20 heavy (non-hydrogen) atoms. The number of carbonyl (C=O) groups is 1. The van der Waals surface area contributed by atoms with E-state index in [-0.39, 0.29) is 5.97 Å². The van der Waals surface area contributed by atoms with Crippen LogP contribution in [0.4, 0.5) is 0 Å². The molecule has 0 radical (unpaired) electrons. The number of allylic oxidation sites excluding steroid dienone is 6. The van der Waals surface area contributed by atoms with Gasteiger partial charge >= 0.3 is 5.97 Å². The lowest BCUT2D eigenvalue weighted by Crippen LogP contribution is -2.30. The lowest BCUT2D eigenvalue weighted by molar-refractivity contribution is -0.143. The number of carbonyl (C=O) groups excluding carboxylic acids is 1. The van der Waals surface area contributed by atoms with Gasteiger partial charge in [-0.25, -0.2) is 4.79 Å². The number of hydrogen-bond acceptors (Lipinski definition) is 4. The summed E-state index contributed by atoms with van der Waals surface area (Å²) in [7, 11) is 0. The van der Waals surface area contributed by atoms with Crippen molar-refractivity contribution in [2.24, 2.45) is 0 Å².